The zero-order valence-electron chi connectivity index (χ0n) is 14.0. The smallest absolute Gasteiger partial charge is 0.256 e. The largest absolute Gasteiger partial charge is 0.495 e. The molecule has 2 amide bonds. The van der Waals surface area contributed by atoms with Crippen molar-refractivity contribution in [3.05, 3.63) is 44.8 Å². The summed E-state index contributed by atoms with van der Waals surface area (Å²) in [6.07, 6.45) is 2.74. The molecule has 0 radical (unpaired) electrons. The van der Waals surface area contributed by atoms with Gasteiger partial charge in [0.15, 0.2) is 0 Å². The van der Waals surface area contributed by atoms with Crippen LogP contribution in [-0.2, 0) is 12.8 Å². The van der Waals surface area contributed by atoms with E-state index in [4.69, 9.17) is 22.1 Å². The molecular weight excluding hydrogens is 360 g/mol. The van der Waals surface area contributed by atoms with Crippen LogP contribution in [0.5, 0.6) is 5.75 Å². The van der Waals surface area contributed by atoms with E-state index >= 15 is 0 Å². The van der Waals surface area contributed by atoms with Gasteiger partial charge in [-0.25, -0.2) is 0 Å². The second-order valence-electron chi connectivity index (χ2n) is 6.22. The summed E-state index contributed by atoms with van der Waals surface area (Å²) in [4.78, 5) is 25.6. The predicted molar refractivity (Wildman–Crippen MR) is 100.0 cm³/mol. The fraction of sp³-hybridized carbons (Fsp3) is 0.333. The van der Waals surface area contributed by atoms with Crippen molar-refractivity contribution >= 4 is 39.8 Å². The fourth-order valence-electron chi connectivity index (χ4n) is 3.08. The minimum absolute atomic E-state index is 0.335. The highest BCUT2D eigenvalue weighted by Crippen LogP contribution is 2.39. The normalized spacial score (nSPS) is 16.2. The molecule has 0 fully saturated rings. The van der Waals surface area contributed by atoms with Crippen molar-refractivity contribution in [3.63, 3.8) is 0 Å². The molecule has 5 nitrogen and oxygen atoms in total. The topological polar surface area (TPSA) is 81.4 Å². The molecule has 3 rings (SSSR count). The molecule has 0 aliphatic heterocycles. The zero-order valence-corrected chi connectivity index (χ0v) is 15.6. The number of nitrogens with one attached hydrogen (secondary N) is 1. The molecule has 3 N–H and O–H groups in total. The molecular formula is C18H19ClN2O3S. The molecule has 0 spiro atoms. The van der Waals surface area contributed by atoms with Crippen LogP contribution in [0.25, 0.3) is 0 Å². The van der Waals surface area contributed by atoms with Crippen molar-refractivity contribution in [3.8, 4) is 5.75 Å². The van der Waals surface area contributed by atoms with Crippen LogP contribution in [0.15, 0.2) is 18.2 Å². The highest BCUT2D eigenvalue weighted by atomic mass is 35.5. The van der Waals surface area contributed by atoms with Crippen LogP contribution < -0.4 is 15.8 Å². The predicted octanol–water partition coefficient (Wildman–Crippen LogP) is 3.89. The summed E-state index contributed by atoms with van der Waals surface area (Å²) in [6.45, 7) is 2.18. The Kier molecular flexibility index (Phi) is 5.01. The maximum absolute atomic E-state index is 12.6. The number of carbonyl (C=O) groups excluding carboxylic acids is 2. The number of rotatable bonds is 4. The van der Waals surface area contributed by atoms with E-state index in [0.717, 1.165) is 29.7 Å². The summed E-state index contributed by atoms with van der Waals surface area (Å²) in [6, 6.07) is 4.79. The molecule has 0 bridgehead atoms. The van der Waals surface area contributed by atoms with Gasteiger partial charge >= 0.3 is 0 Å². The fourth-order valence-corrected chi connectivity index (χ4v) is 4.75. The number of halogens is 1. The van der Waals surface area contributed by atoms with Crippen molar-refractivity contribution in [2.24, 2.45) is 11.7 Å². The highest BCUT2D eigenvalue weighted by Gasteiger charge is 2.27. The number of methoxy groups -OCH3 is 1. The molecule has 1 heterocycles. The van der Waals surface area contributed by atoms with E-state index in [0.29, 0.717) is 32.8 Å². The second-order valence-corrected chi connectivity index (χ2v) is 7.74. The Morgan fingerprint density at radius 1 is 1.40 bits per heavy atom. The molecule has 1 aliphatic rings. The number of thiophene rings is 1. The van der Waals surface area contributed by atoms with Crippen LogP contribution in [0, 0.1) is 5.92 Å². The summed E-state index contributed by atoms with van der Waals surface area (Å²) >= 11 is 7.52. The van der Waals surface area contributed by atoms with Crippen LogP contribution in [0.2, 0.25) is 5.02 Å². The van der Waals surface area contributed by atoms with Crippen LogP contribution >= 0.6 is 22.9 Å². The van der Waals surface area contributed by atoms with Gasteiger partial charge in [0.2, 0.25) is 0 Å². The van der Waals surface area contributed by atoms with Crippen LogP contribution in [0.1, 0.15) is 44.5 Å². The lowest BCUT2D eigenvalue weighted by Gasteiger charge is -2.18. The van der Waals surface area contributed by atoms with Crippen molar-refractivity contribution in [2.75, 3.05) is 12.4 Å². The Bertz CT molecular complexity index is 847. The highest BCUT2D eigenvalue weighted by molar-refractivity contribution is 7.17. The first-order chi connectivity index (χ1) is 11.9. The lowest BCUT2D eigenvalue weighted by atomic mass is 9.88. The molecule has 1 atom stereocenters. The lowest BCUT2D eigenvalue weighted by Crippen LogP contribution is -2.19. The van der Waals surface area contributed by atoms with E-state index in [2.05, 4.69) is 12.2 Å². The summed E-state index contributed by atoms with van der Waals surface area (Å²) in [5, 5.41) is 3.69. The Morgan fingerprint density at radius 3 is 2.80 bits per heavy atom. The Morgan fingerprint density at radius 2 is 2.16 bits per heavy atom. The van der Waals surface area contributed by atoms with E-state index < -0.39 is 5.91 Å². The SMILES string of the molecule is COc1ccc(C(=O)Nc2sc3c(c2C(N)=O)CC[C@@H](C)C3)cc1Cl. The minimum Gasteiger partial charge on any atom is -0.495 e. The molecule has 0 saturated heterocycles. The van der Waals surface area contributed by atoms with Crippen molar-refractivity contribution < 1.29 is 14.3 Å². The average molecular weight is 379 g/mol. The molecule has 1 aromatic heterocycles. The quantitative estimate of drug-likeness (QED) is 0.846. The van der Waals surface area contributed by atoms with E-state index in [-0.39, 0.29) is 5.91 Å². The number of amides is 2. The number of benzene rings is 1. The number of nitrogens with two attached hydrogens (primary N) is 1. The first-order valence-electron chi connectivity index (χ1n) is 8.00. The van der Waals surface area contributed by atoms with E-state index in [9.17, 15) is 9.59 Å². The molecule has 132 valence electrons. The summed E-state index contributed by atoms with van der Waals surface area (Å²) in [5.74, 6) is 0.223. The molecule has 25 heavy (non-hydrogen) atoms. The summed E-state index contributed by atoms with van der Waals surface area (Å²) in [7, 11) is 1.51. The molecule has 7 heteroatoms. The van der Waals surface area contributed by atoms with Crippen LogP contribution in [0.4, 0.5) is 5.00 Å². The first-order valence-corrected chi connectivity index (χ1v) is 9.19. The minimum atomic E-state index is -0.505. The van der Waals surface area contributed by atoms with Gasteiger partial charge in [0.1, 0.15) is 10.8 Å². The van der Waals surface area contributed by atoms with Gasteiger partial charge in [-0.15, -0.1) is 11.3 Å². The number of primary amides is 1. The number of ether oxygens (including phenoxy) is 1. The van der Waals surface area contributed by atoms with Gasteiger partial charge in [0, 0.05) is 10.4 Å². The van der Waals surface area contributed by atoms with Crippen molar-refractivity contribution in [2.45, 2.75) is 26.2 Å². The molecule has 0 unspecified atom stereocenters. The van der Waals surface area contributed by atoms with Gasteiger partial charge in [-0.05, 0) is 48.9 Å². The lowest BCUT2D eigenvalue weighted by molar-refractivity contribution is 0.1000. The Hall–Kier alpha value is -2.05. The molecule has 1 aromatic carbocycles. The number of carbonyl (C=O) groups is 2. The Labute approximate surface area is 155 Å². The average Bonchev–Trinajstić information content (AvgIpc) is 2.91. The third-order valence-electron chi connectivity index (χ3n) is 4.40. The number of hydrogen-bond donors (Lipinski definition) is 2. The number of fused-ring (bicyclic) bond motifs is 1. The number of anilines is 1. The number of hydrogen-bond acceptors (Lipinski definition) is 4. The van der Waals surface area contributed by atoms with E-state index in [1.54, 1.807) is 12.1 Å². The van der Waals surface area contributed by atoms with Gasteiger partial charge in [0.05, 0.1) is 17.7 Å². The van der Waals surface area contributed by atoms with Gasteiger partial charge in [0.25, 0.3) is 11.8 Å². The van der Waals surface area contributed by atoms with Gasteiger partial charge in [-0.3, -0.25) is 9.59 Å². The summed E-state index contributed by atoms with van der Waals surface area (Å²) < 4.78 is 5.09. The summed E-state index contributed by atoms with van der Waals surface area (Å²) in [5.41, 5.74) is 7.39. The maximum atomic E-state index is 12.6. The third kappa shape index (κ3) is 3.50. The third-order valence-corrected chi connectivity index (χ3v) is 5.86. The van der Waals surface area contributed by atoms with E-state index in [1.807, 2.05) is 0 Å². The molecule has 0 saturated carbocycles. The van der Waals surface area contributed by atoms with E-state index in [1.165, 1.54) is 24.5 Å². The zero-order chi connectivity index (χ0) is 18.1. The van der Waals surface area contributed by atoms with Gasteiger partial charge < -0.3 is 15.8 Å². The van der Waals surface area contributed by atoms with Crippen LogP contribution in [-0.4, -0.2) is 18.9 Å². The van der Waals surface area contributed by atoms with Crippen molar-refractivity contribution in [1.82, 2.24) is 0 Å². The van der Waals surface area contributed by atoms with Gasteiger partial charge in [-0.1, -0.05) is 18.5 Å². The second kappa shape index (κ2) is 7.06. The molecule has 2 aromatic rings. The van der Waals surface area contributed by atoms with Crippen LogP contribution in [0.3, 0.4) is 0 Å². The molecule has 1 aliphatic carbocycles. The monoisotopic (exact) mass is 378 g/mol. The first kappa shape index (κ1) is 17.8. The maximum Gasteiger partial charge on any atom is 0.256 e. The Balaban J connectivity index is 1.91. The van der Waals surface area contributed by atoms with Crippen molar-refractivity contribution in [1.29, 1.82) is 0 Å². The standard InChI is InChI=1S/C18H19ClN2O3S/c1-9-3-5-11-14(7-9)25-18(15(11)16(20)22)21-17(23)10-4-6-13(24-2)12(19)8-10/h4,6,8-9H,3,5,7H2,1-2H3,(H2,20,22)(H,21,23)/t9-/m1/s1. The van der Waals surface area contributed by atoms with Gasteiger partial charge in [-0.2, -0.15) is 0 Å².